The molecule has 1 aromatic carbocycles. The van der Waals surface area contributed by atoms with Crippen molar-refractivity contribution in [2.24, 2.45) is 0 Å². The quantitative estimate of drug-likeness (QED) is 0.911. The second-order valence-electron chi connectivity index (χ2n) is 5.54. The smallest absolute Gasteiger partial charge is 0.344 e. The van der Waals surface area contributed by atoms with Crippen LogP contribution in [0.15, 0.2) is 39.5 Å². The number of rotatable bonds is 2. The first-order chi connectivity index (χ1) is 10.1. The summed E-state index contributed by atoms with van der Waals surface area (Å²) < 4.78 is 5.14. The molecule has 110 valence electrons. The molecule has 1 saturated heterocycles. The van der Waals surface area contributed by atoms with E-state index >= 15 is 0 Å². The summed E-state index contributed by atoms with van der Waals surface area (Å²) in [4.78, 5) is 26.4. The third kappa shape index (κ3) is 2.97. The number of nitrogens with one attached hydrogen (secondary N) is 1. The van der Waals surface area contributed by atoms with E-state index in [1.54, 1.807) is 24.3 Å². The molecule has 1 fully saturated rings. The minimum absolute atomic E-state index is 0.0811. The molecule has 1 N–H and O–H groups in total. The number of carbonyl (C=O) groups excluding carboxylic acids is 1. The highest BCUT2D eigenvalue weighted by atomic mass is 16.4. The Morgan fingerprint density at radius 1 is 1.29 bits per heavy atom. The first-order valence-electron chi connectivity index (χ1n) is 7.16. The Labute approximate surface area is 122 Å². The van der Waals surface area contributed by atoms with Gasteiger partial charge < -0.3 is 14.6 Å². The Hall–Kier alpha value is -2.14. The number of piperidine rings is 1. The fourth-order valence-electron chi connectivity index (χ4n) is 2.66. The number of amides is 1. The molecule has 0 bridgehead atoms. The van der Waals surface area contributed by atoms with E-state index in [0.29, 0.717) is 5.39 Å². The number of hydrogen-bond donors (Lipinski definition) is 1. The molecule has 0 atom stereocenters. The molecule has 5 heteroatoms. The molecule has 3 rings (SSSR count). The predicted molar refractivity (Wildman–Crippen MR) is 80.5 cm³/mol. The van der Waals surface area contributed by atoms with Gasteiger partial charge in [-0.25, -0.2) is 4.79 Å². The maximum absolute atomic E-state index is 12.2. The lowest BCUT2D eigenvalue weighted by Crippen LogP contribution is -2.43. The monoisotopic (exact) mass is 286 g/mol. The molecule has 0 saturated carbocycles. The molecule has 2 heterocycles. The van der Waals surface area contributed by atoms with Crippen LogP contribution in [-0.2, 0) is 0 Å². The Balaban J connectivity index is 1.80. The maximum atomic E-state index is 12.2. The number of fused-ring (bicyclic) bond motifs is 1. The van der Waals surface area contributed by atoms with Gasteiger partial charge in [0, 0.05) is 6.04 Å². The summed E-state index contributed by atoms with van der Waals surface area (Å²) in [6.07, 6.45) is 1.83. The van der Waals surface area contributed by atoms with Gasteiger partial charge in [-0.1, -0.05) is 18.2 Å². The SMILES string of the molecule is CN1CCC(NC(=O)c2cc3ccccc3c(=O)o2)CC1. The van der Waals surface area contributed by atoms with Crippen molar-refractivity contribution in [3.63, 3.8) is 0 Å². The van der Waals surface area contributed by atoms with Crippen LogP contribution in [-0.4, -0.2) is 37.0 Å². The van der Waals surface area contributed by atoms with Crippen LogP contribution < -0.4 is 10.9 Å². The second kappa shape index (κ2) is 5.69. The van der Waals surface area contributed by atoms with Crippen LogP contribution in [0, 0.1) is 0 Å². The molecule has 1 amide bonds. The average molecular weight is 286 g/mol. The van der Waals surface area contributed by atoms with E-state index in [1.165, 1.54) is 0 Å². The Kier molecular flexibility index (Phi) is 3.75. The van der Waals surface area contributed by atoms with Crippen molar-refractivity contribution in [2.45, 2.75) is 18.9 Å². The van der Waals surface area contributed by atoms with Crippen LogP contribution >= 0.6 is 0 Å². The number of likely N-dealkylation sites (tertiary alicyclic amines) is 1. The lowest BCUT2D eigenvalue weighted by atomic mass is 10.1. The molecule has 0 radical (unpaired) electrons. The topological polar surface area (TPSA) is 62.6 Å². The summed E-state index contributed by atoms with van der Waals surface area (Å²) in [5.74, 6) is -0.231. The molecular formula is C16H18N2O3. The molecule has 21 heavy (non-hydrogen) atoms. The summed E-state index contributed by atoms with van der Waals surface area (Å²) in [6.45, 7) is 1.93. The highest BCUT2D eigenvalue weighted by molar-refractivity contribution is 5.95. The zero-order valence-electron chi connectivity index (χ0n) is 12.0. The molecular weight excluding hydrogens is 268 g/mol. The van der Waals surface area contributed by atoms with Gasteiger partial charge in [0.25, 0.3) is 5.91 Å². The summed E-state index contributed by atoms with van der Waals surface area (Å²) in [6, 6.07) is 8.88. The van der Waals surface area contributed by atoms with E-state index < -0.39 is 5.63 Å². The third-order valence-electron chi connectivity index (χ3n) is 3.95. The maximum Gasteiger partial charge on any atom is 0.344 e. The van der Waals surface area contributed by atoms with Gasteiger partial charge >= 0.3 is 5.63 Å². The molecule has 5 nitrogen and oxygen atoms in total. The van der Waals surface area contributed by atoms with Gasteiger partial charge in [-0.2, -0.15) is 0 Å². The van der Waals surface area contributed by atoms with Crippen molar-refractivity contribution >= 4 is 16.7 Å². The van der Waals surface area contributed by atoms with Crippen LogP contribution in [0.5, 0.6) is 0 Å². The van der Waals surface area contributed by atoms with Crippen LogP contribution in [0.3, 0.4) is 0 Å². The standard InChI is InChI=1S/C16H18N2O3/c1-18-8-6-12(7-9-18)17-15(19)14-10-11-4-2-3-5-13(11)16(20)21-14/h2-5,10,12H,6-9H2,1H3,(H,17,19). The van der Waals surface area contributed by atoms with Crippen LogP contribution in [0.1, 0.15) is 23.4 Å². The minimum Gasteiger partial charge on any atom is -0.417 e. The van der Waals surface area contributed by atoms with Gasteiger partial charge in [-0.15, -0.1) is 0 Å². The molecule has 1 aliphatic rings. The molecule has 0 unspecified atom stereocenters. The van der Waals surface area contributed by atoms with Gasteiger partial charge in [-0.05, 0) is 50.5 Å². The second-order valence-corrected chi connectivity index (χ2v) is 5.54. The van der Waals surface area contributed by atoms with Crippen molar-refractivity contribution in [1.29, 1.82) is 0 Å². The highest BCUT2D eigenvalue weighted by Gasteiger charge is 2.20. The van der Waals surface area contributed by atoms with Crippen LogP contribution in [0.2, 0.25) is 0 Å². The van der Waals surface area contributed by atoms with Crippen LogP contribution in [0.25, 0.3) is 10.8 Å². The molecule has 1 aliphatic heterocycles. The van der Waals surface area contributed by atoms with Crippen molar-refractivity contribution < 1.29 is 9.21 Å². The molecule has 0 aliphatic carbocycles. The summed E-state index contributed by atoms with van der Waals surface area (Å²) in [7, 11) is 2.07. The van der Waals surface area contributed by atoms with Crippen molar-refractivity contribution in [3.8, 4) is 0 Å². The van der Waals surface area contributed by atoms with E-state index in [2.05, 4.69) is 17.3 Å². The van der Waals surface area contributed by atoms with E-state index in [9.17, 15) is 9.59 Å². The molecule has 1 aromatic heterocycles. The van der Waals surface area contributed by atoms with E-state index in [1.807, 2.05) is 6.07 Å². The van der Waals surface area contributed by atoms with Crippen molar-refractivity contribution in [3.05, 3.63) is 46.5 Å². The Morgan fingerprint density at radius 3 is 2.76 bits per heavy atom. The number of carbonyl (C=O) groups is 1. The van der Waals surface area contributed by atoms with E-state index in [-0.39, 0.29) is 17.7 Å². The Morgan fingerprint density at radius 2 is 2.00 bits per heavy atom. The number of benzene rings is 1. The van der Waals surface area contributed by atoms with E-state index in [4.69, 9.17) is 4.42 Å². The normalized spacial score (nSPS) is 17.0. The summed E-state index contributed by atoms with van der Waals surface area (Å²) in [5.41, 5.74) is -0.471. The van der Waals surface area contributed by atoms with Gasteiger partial charge in [0.15, 0.2) is 5.76 Å². The first kappa shape index (κ1) is 13.8. The predicted octanol–water partition coefficient (Wildman–Crippen LogP) is 1.62. The fraction of sp³-hybridized carbons (Fsp3) is 0.375. The Bertz CT molecular complexity index is 715. The highest BCUT2D eigenvalue weighted by Crippen LogP contribution is 2.13. The third-order valence-corrected chi connectivity index (χ3v) is 3.95. The van der Waals surface area contributed by atoms with Gasteiger partial charge in [0.1, 0.15) is 0 Å². The zero-order valence-corrected chi connectivity index (χ0v) is 12.0. The lowest BCUT2D eigenvalue weighted by Gasteiger charge is -2.29. The zero-order chi connectivity index (χ0) is 14.8. The fourth-order valence-corrected chi connectivity index (χ4v) is 2.66. The van der Waals surface area contributed by atoms with Gasteiger partial charge in [-0.3, -0.25) is 4.79 Å². The lowest BCUT2D eigenvalue weighted by molar-refractivity contribution is 0.0885. The van der Waals surface area contributed by atoms with Crippen molar-refractivity contribution in [1.82, 2.24) is 10.2 Å². The average Bonchev–Trinajstić information content (AvgIpc) is 2.49. The van der Waals surface area contributed by atoms with Gasteiger partial charge in [0.05, 0.1) is 5.39 Å². The number of hydrogen-bond acceptors (Lipinski definition) is 4. The van der Waals surface area contributed by atoms with Crippen molar-refractivity contribution in [2.75, 3.05) is 20.1 Å². The molecule has 0 spiro atoms. The van der Waals surface area contributed by atoms with Crippen LogP contribution in [0.4, 0.5) is 0 Å². The minimum atomic E-state index is -0.471. The summed E-state index contributed by atoms with van der Waals surface area (Å²) in [5, 5.41) is 4.17. The number of nitrogens with zero attached hydrogens (tertiary/aromatic N) is 1. The first-order valence-corrected chi connectivity index (χ1v) is 7.16. The summed E-state index contributed by atoms with van der Waals surface area (Å²) >= 11 is 0. The van der Waals surface area contributed by atoms with E-state index in [0.717, 1.165) is 31.3 Å². The van der Waals surface area contributed by atoms with Gasteiger partial charge in [0.2, 0.25) is 0 Å². The molecule has 2 aromatic rings. The largest absolute Gasteiger partial charge is 0.417 e.